The second kappa shape index (κ2) is 10.5. The monoisotopic (exact) mass is 524 g/mol. The number of imidazole rings is 1. The van der Waals surface area contributed by atoms with Crippen molar-refractivity contribution in [2.45, 2.75) is 68.9 Å². The van der Waals surface area contributed by atoms with Gasteiger partial charge in [-0.3, -0.25) is 9.36 Å². The lowest BCUT2D eigenvalue weighted by atomic mass is 10.0. The van der Waals surface area contributed by atoms with Crippen LogP contribution in [0.15, 0.2) is 70.6 Å². The number of aromatic nitrogens is 2. The lowest BCUT2D eigenvalue weighted by Crippen LogP contribution is -2.43. The van der Waals surface area contributed by atoms with Gasteiger partial charge in [0.05, 0.1) is 10.6 Å². The number of nitrogens with two attached hydrogens (primary N) is 1. The summed E-state index contributed by atoms with van der Waals surface area (Å²) < 4.78 is 37.4. The summed E-state index contributed by atoms with van der Waals surface area (Å²) in [7, 11) is -4.18. The Morgan fingerprint density at radius 3 is 2.54 bits per heavy atom. The highest BCUT2D eigenvalue weighted by atomic mass is 32.2. The molecule has 37 heavy (non-hydrogen) atoms. The van der Waals surface area contributed by atoms with Crippen LogP contribution in [0.1, 0.15) is 50.5 Å². The maximum absolute atomic E-state index is 14.0. The predicted octanol–water partition coefficient (Wildman–Crippen LogP) is 3.46. The van der Waals surface area contributed by atoms with Crippen molar-refractivity contribution in [2.24, 2.45) is 11.7 Å². The van der Waals surface area contributed by atoms with Gasteiger partial charge in [-0.05, 0) is 67.5 Å². The van der Waals surface area contributed by atoms with E-state index < -0.39 is 27.7 Å². The Morgan fingerprint density at radius 2 is 1.81 bits per heavy atom. The van der Waals surface area contributed by atoms with Gasteiger partial charge in [0.2, 0.25) is 0 Å². The second-order valence-electron chi connectivity index (χ2n) is 9.81. The van der Waals surface area contributed by atoms with Crippen molar-refractivity contribution in [3.63, 3.8) is 0 Å². The highest BCUT2D eigenvalue weighted by molar-refractivity contribution is 7.92. The Labute approximate surface area is 216 Å². The fourth-order valence-corrected chi connectivity index (χ4v) is 6.81. The molecule has 2 aliphatic rings. The largest absolute Gasteiger partial charge is 0.480 e. The normalized spacial score (nSPS) is 17.8. The summed E-state index contributed by atoms with van der Waals surface area (Å²) >= 11 is 0. The van der Waals surface area contributed by atoms with Crippen LogP contribution in [0.4, 0.5) is 5.69 Å². The first-order valence-corrected chi connectivity index (χ1v) is 14.3. The van der Waals surface area contributed by atoms with E-state index in [9.17, 15) is 18.0 Å². The molecule has 2 heterocycles. The van der Waals surface area contributed by atoms with Crippen LogP contribution in [0.25, 0.3) is 0 Å². The zero-order valence-electron chi connectivity index (χ0n) is 20.7. The molecule has 1 unspecified atom stereocenters. The number of carbonyl (C=O) groups is 1. The minimum absolute atomic E-state index is 0.0251. The number of sulfonamides is 1. The molecular formula is C27H32N4O5S. The standard InChI is InChI=1S/C27H32N4O5S/c28-26(32)25-14-12-21-19-23(13-15-24(21)36-25)37(34,35)31(22-10-2-1-3-11-22)30-18-17-29(27(30)33)16-6-9-20-7-4-5-8-20/h1-3,10-11,13,15,17-20,25H,4-9,12,14,16H2,(H2,28,32). The van der Waals surface area contributed by atoms with E-state index >= 15 is 0 Å². The first-order chi connectivity index (χ1) is 17.8. The van der Waals surface area contributed by atoms with Crippen molar-refractivity contribution in [3.8, 4) is 5.75 Å². The van der Waals surface area contributed by atoms with Crippen molar-refractivity contribution in [2.75, 3.05) is 4.41 Å². The van der Waals surface area contributed by atoms with E-state index in [-0.39, 0.29) is 4.90 Å². The molecule has 0 bridgehead atoms. The molecule has 2 aromatic carbocycles. The van der Waals surface area contributed by atoms with Gasteiger partial charge < -0.3 is 10.5 Å². The number of hydrogen-bond acceptors (Lipinski definition) is 5. The number of rotatable bonds is 9. The van der Waals surface area contributed by atoms with E-state index in [1.807, 2.05) is 0 Å². The number of nitrogens with zero attached hydrogens (tertiary/aromatic N) is 3. The fourth-order valence-electron chi connectivity index (χ4n) is 5.32. The van der Waals surface area contributed by atoms with Crippen LogP contribution in [0.2, 0.25) is 0 Å². The zero-order chi connectivity index (χ0) is 26.0. The van der Waals surface area contributed by atoms with Gasteiger partial charge in [0.25, 0.3) is 15.9 Å². The molecule has 1 atom stereocenters. The molecule has 1 aliphatic heterocycles. The van der Waals surface area contributed by atoms with E-state index in [2.05, 4.69) is 0 Å². The molecule has 0 radical (unpaired) electrons. The van der Waals surface area contributed by atoms with Crippen LogP contribution in [0.3, 0.4) is 0 Å². The molecule has 3 aromatic rings. The minimum atomic E-state index is -4.18. The third-order valence-electron chi connectivity index (χ3n) is 7.31. The van der Waals surface area contributed by atoms with E-state index in [0.717, 1.165) is 27.8 Å². The average Bonchev–Trinajstić information content (AvgIpc) is 3.54. The summed E-state index contributed by atoms with van der Waals surface area (Å²) in [4.78, 5) is 24.9. The van der Waals surface area contributed by atoms with Gasteiger partial charge in [-0.25, -0.2) is 4.79 Å². The molecule has 1 saturated carbocycles. The third kappa shape index (κ3) is 5.16. The number of para-hydroxylation sites is 1. The summed E-state index contributed by atoms with van der Waals surface area (Å²) in [5.74, 6) is 0.612. The lowest BCUT2D eigenvalue weighted by Gasteiger charge is -2.27. The Balaban J connectivity index is 1.46. The number of hydrogen-bond donors (Lipinski definition) is 1. The first-order valence-electron chi connectivity index (χ1n) is 12.8. The van der Waals surface area contributed by atoms with Gasteiger partial charge in [-0.2, -0.15) is 17.5 Å². The molecule has 1 aliphatic carbocycles. The molecule has 0 saturated heterocycles. The average molecular weight is 525 g/mol. The van der Waals surface area contributed by atoms with Crippen LogP contribution in [0.5, 0.6) is 5.75 Å². The molecule has 1 aromatic heterocycles. The second-order valence-corrected chi connectivity index (χ2v) is 11.6. The molecule has 1 fully saturated rings. The van der Waals surface area contributed by atoms with Crippen LogP contribution in [-0.4, -0.2) is 29.7 Å². The van der Waals surface area contributed by atoms with Crippen molar-refractivity contribution >= 4 is 21.6 Å². The molecule has 5 rings (SSSR count). The lowest BCUT2D eigenvalue weighted by molar-refractivity contribution is -0.125. The van der Waals surface area contributed by atoms with Crippen molar-refractivity contribution in [1.82, 2.24) is 9.24 Å². The number of primary amides is 1. The summed E-state index contributed by atoms with van der Waals surface area (Å²) in [5, 5.41) is 0. The maximum Gasteiger partial charge on any atom is 0.348 e. The third-order valence-corrected chi connectivity index (χ3v) is 9.00. The minimum Gasteiger partial charge on any atom is -0.480 e. The number of fused-ring (bicyclic) bond motifs is 1. The van der Waals surface area contributed by atoms with Gasteiger partial charge in [0.1, 0.15) is 5.75 Å². The van der Waals surface area contributed by atoms with E-state index in [1.54, 1.807) is 47.2 Å². The van der Waals surface area contributed by atoms with Crippen molar-refractivity contribution in [1.29, 1.82) is 0 Å². The Bertz CT molecular complexity index is 1420. The number of aryl methyl sites for hydroxylation is 2. The highest BCUT2D eigenvalue weighted by Gasteiger charge is 2.31. The number of amides is 1. The Hall–Kier alpha value is -3.53. The van der Waals surface area contributed by atoms with Gasteiger partial charge in [-0.1, -0.05) is 43.9 Å². The highest BCUT2D eigenvalue weighted by Crippen LogP contribution is 2.32. The number of benzene rings is 2. The summed E-state index contributed by atoms with van der Waals surface area (Å²) in [6, 6.07) is 13.1. The van der Waals surface area contributed by atoms with Gasteiger partial charge >= 0.3 is 5.69 Å². The first kappa shape index (κ1) is 25.1. The maximum atomic E-state index is 14.0. The summed E-state index contributed by atoms with van der Waals surface area (Å²) in [6.45, 7) is 0.544. The molecule has 196 valence electrons. The van der Waals surface area contributed by atoms with E-state index in [1.165, 1.54) is 44.0 Å². The molecule has 2 N–H and O–H groups in total. The van der Waals surface area contributed by atoms with Crippen LogP contribution in [0, 0.1) is 5.92 Å². The van der Waals surface area contributed by atoms with Gasteiger partial charge in [-0.15, -0.1) is 0 Å². The number of ether oxygens (including phenoxy) is 1. The molecule has 9 nitrogen and oxygen atoms in total. The van der Waals surface area contributed by atoms with Crippen molar-refractivity contribution in [3.05, 3.63) is 77.0 Å². The Morgan fingerprint density at radius 1 is 1.05 bits per heavy atom. The molecule has 1 amide bonds. The SMILES string of the molecule is NC(=O)C1CCc2cc(S(=O)(=O)N(c3ccccc3)n3ccn(CCCC4CCCC4)c3=O)ccc2O1. The van der Waals surface area contributed by atoms with Crippen LogP contribution < -0.4 is 20.6 Å². The van der Waals surface area contributed by atoms with Crippen LogP contribution >= 0.6 is 0 Å². The number of anilines is 1. The van der Waals surface area contributed by atoms with Crippen LogP contribution in [-0.2, 0) is 27.8 Å². The Kier molecular flexibility index (Phi) is 7.10. The predicted molar refractivity (Wildman–Crippen MR) is 140 cm³/mol. The van der Waals surface area contributed by atoms with Gasteiger partial charge in [0.15, 0.2) is 6.10 Å². The summed E-state index contributed by atoms with van der Waals surface area (Å²) in [5.41, 5.74) is 5.97. The number of carbonyl (C=O) groups excluding carboxylic acids is 1. The zero-order valence-corrected chi connectivity index (χ0v) is 21.5. The molecule has 0 spiro atoms. The topological polar surface area (TPSA) is 117 Å². The fraction of sp³-hybridized carbons (Fsp3) is 0.407. The van der Waals surface area contributed by atoms with Gasteiger partial charge in [0, 0.05) is 18.9 Å². The van der Waals surface area contributed by atoms with E-state index in [4.69, 9.17) is 10.5 Å². The smallest absolute Gasteiger partial charge is 0.348 e. The van der Waals surface area contributed by atoms with E-state index in [0.29, 0.717) is 36.4 Å². The molecule has 10 heteroatoms. The summed E-state index contributed by atoms with van der Waals surface area (Å²) in [6.07, 6.45) is 10.3. The van der Waals surface area contributed by atoms with Crippen molar-refractivity contribution < 1.29 is 17.9 Å². The molecular weight excluding hydrogens is 492 g/mol. The quantitative estimate of drug-likeness (QED) is 0.460.